The molecule has 6 nitrogen and oxygen atoms in total. The lowest BCUT2D eigenvalue weighted by atomic mass is 9.58. The van der Waals surface area contributed by atoms with Crippen LogP contribution in [-0.4, -0.2) is 50.5 Å². The summed E-state index contributed by atoms with van der Waals surface area (Å²) in [5.41, 5.74) is 4.09. The molecule has 7 atom stereocenters. The lowest BCUT2D eigenvalue weighted by molar-refractivity contribution is -0.147. The maximum absolute atomic E-state index is 11.2. The number of pyridine rings is 1. The Hall–Kier alpha value is -1.86. The Morgan fingerprint density at radius 1 is 1.27 bits per heavy atom. The summed E-state index contributed by atoms with van der Waals surface area (Å²) in [6.45, 7) is 5.26. The number of aliphatic hydroxyl groups is 1. The van der Waals surface area contributed by atoms with Crippen molar-refractivity contribution in [3.63, 3.8) is 0 Å². The van der Waals surface area contributed by atoms with Gasteiger partial charge in [-0.25, -0.2) is 4.98 Å². The molecule has 2 N–H and O–H groups in total. The Bertz CT molecular complexity index is 1140. The second-order valence-electron chi connectivity index (χ2n) is 11.4. The molecule has 6 aliphatic rings. The minimum absolute atomic E-state index is 0.159. The minimum atomic E-state index is -0.360. The molecule has 4 saturated carbocycles. The van der Waals surface area contributed by atoms with Crippen molar-refractivity contribution in [2.45, 2.75) is 50.7 Å². The molecule has 5 fully saturated rings. The molecule has 7 heteroatoms. The molecule has 0 spiro atoms. The van der Waals surface area contributed by atoms with Crippen LogP contribution in [0, 0.1) is 35.5 Å². The van der Waals surface area contributed by atoms with E-state index >= 15 is 0 Å². The van der Waals surface area contributed by atoms with Crippen LogP contribution in [0.4, 0.5) is 0 Å². The number of hydrazone groups is 1. The number of nitrogens with zero attached hydrogens (tertiary/aromatic N) is 3. The maximum atomic E-state index is 11.2. The average molecular weight is 402 g/mol. The van der Waals surface area contributed by atoms with Gasteiger partial charge in [-0.3, -0.25) is 0 Å². The molecular formula is C23H27BN4O2. The van der Waals surface area contributed by atoms with E-state index in [0.717, 1.165) is 25.0 Å². The molecule has 2 aromatic heterocycles. The number of fused-ring (bicyclic) bond motifs is 7. The predicted octanol–water partition coefficient (Wildman–Crippen LogP) is 2.13. The van der Waals surface area contributed by atoms with Crippen molar-refractivity contribution in [1.82, 2.24) is 14.9 Å². The van der Waals surface area contributed by atoms with Crippen molar-refractivity contribution in [2.24, 2.45) is 40.6 Å². The summed E-state index contributed by atoms with van der Waals surface area (Å²) in [6.07, 6.45) is 8.36. The monoisotopic (exact) mass is 402 g/mol. The first-order valence-corrected chi connectivity index (χ1v) is 11.7. The quantitative estimate of drug-likeness (QED) is 0.717. The van der Waals surface area contributed by atoms with Gasteiger partial charge in [0.1, 0.15) is 5.65 Å². The Morgan fingerprint density at radius 2 is 2.13 bits per heavy atom. The average Bonchev–Trinajstić information content (AvgIpc) is 3.39. The summed E-state index contributed by atoms with van der Waals surface area (Å²) < 4.78 is 6.54. The maximum Gasteiger partial charge on any atom is 0.471 e. The topological polar surface area (TPSA) is 73.7 Å². The molecule has 0 radical (unpaired) electrons. The third-order valence-electron chi connectivity index (χ3n) is 9.69. The van der Waals surface area contributed by atoms with Gasteiger partial charge >= 0.3 is 7.05 Å². The molecule has 3 unspecified atom stereocenters. The van der Waals surface area contributed by atoms with Crippen LogP contribution in [0.15, 0.2) is 23.6 Å². The van der Waals surface area contributed by atoms with Crippen molar-refractivity contribution >= 4 is 29.3 Å². The lowest BCUT2D eigenvalue weighted by Gasteiger charge is -2.51. The highest BCUT2D eigenvalue weighted by atomic mass is 16.5. The van der Waals surface area contributed by atoms with E-state index in [1.54, 1.807) is 0 Å². The lowest BCUT2D eigenvalue weighted by Crippen LogP contribution is -2.62. The number of nitrogens with one attached hydrogen (secondary N) is 1. The molecule has 4 heterocycles. The van der Waals surface area contributed by atoms with Crippen molar-refractivity contribution in [2.75, 3.05) is 6.54 Å². The van der Waals surface area contributed by atoms with Crippen molar-refractivity contribution < 1.29 is 9.76 Å². The Labute approximate surface area is 176 Å². The number of aromatic nitrogens is 2. The molecule has 0 aromatic carbocycles. The Morgan fingerprint density at radius 3 is 3.00 bits per heavy atom. The third-order valence-corrected chi connectivity index (χ3v) is 9.69. The summed E-state index contributed by atoms with van der Waals surface area (Å²) in [4.78, 5) is 10.2. The second kappa shape index (κ2) is 4.96. The van der Waals surface area contributed by atoms with Gasteiger partial charge in [-0.15, -0.1) is 0 Å². The summed E-state index contributed by atoms with van der Waals surface area (Å²) in [5.74, 6) is 3.47. The number of hydrogen-bond acceptors (Lipinski definition) is 5. The summed E-state index contributed by atoms with van der Waals surface area (Å²) in [6, 6.07) is 2.15. The van der Waals surface area contributed by atoms with E-state index < -0.39 is 0 Å². The van der Waals surface area contributed by atoms with E-state index in [1.807, 2.05) is 12.4 Å². The number of rotatable bonds is 1. The van der Waals surface area contributed by atoms with Crippen LogP contribution in [0.5, 0.6) is 0 Å². The van der Waals surface area contributed by atoms with Gasteiger partial charge in [0.05, 0.1) is 11.3 Å². The fraction of sp³-hybridized carbons (Fsp3) is 0.652. The molecule has 2 aliphatic heterocycles. The summed E-state index contributed by atoms with van der Waals surface area (Å²) in [7, 11) is -0.160. The zero-order chi connectivity index (χ0) is 20.0. The van der Waals surface area contributed by atoms with Crippen LogP contribution in [0.2, 0.25) is 0 Å². The molecule has 2 bridgehead atoms. The van der Waals surface area contributed by atoms with E-state index in [-0.39, 0.29) is 18.3 Å². The largest absolute Gasteiger partial charge is 0.471 e. The van der Waals surface area contributed by atoms with E-state index in [4.69, 9.17) is 14.7 Å². The van der Waals surface area contributed by atoms with E-state index in [2.05, 4.69) is 29.8 Å². The van der Waals surface area contributed by atoms with Gasteiger partial charge < -0.3 is 19.7 Å². The third kappa shape index (κ3) is 1.75. The highest BCUT2D eigenvalue weighted by Crippen LogP contribution is 2.76. The molecule has 4 aliphatic carbocycles. The second-order valence-corrected chi connectivity index (χ2v) is 11.4. The van der Waals surface area contributed by atoms with Gasteiger partial charge in [-0.1, -0.05) is 0 Å². The molecule has 1 saturated heterocycles. The van der Waals surface area contributed by atoms with E-state index in [0.29, 0.717) is 35.5 Å². The van der Waals surface area contributed by atoms with Gasteiger partial charge in [0.2, 0.25) is 0 Å². The summed E-state index contributed by atoms with van der Waals surface area (Å²) >= 11 is 0. The van der Waals surface area contributed by atoms with Crippen LogP contribution >= 0.6 is 0 Å². The first kappa shape index (κ1) is 16.8. The van der Waals surface area contributed by atoms with Crippen molar-refractivity contribution in [3.05, 3.63) is 24.0 Å². The number of hydrogen-bond donors (Lipinski definition) is 2. The molecule has 30 heavy (non-hydrogen) atoms. The zero-order valence-electron chi connectivity index (χ0n) is 17.5. The SMILES string of the molecule is CC1(C)CCN2N=C([C@@H]3[C@H]4CC5(O)C6CC([C@@H]3C6)[C@@H]45)c3c(cnc4[nH]ccc34)B2O1. The normalized spacial score (nSPS) is 44.2. The zero-order valence-corrected chi connectivity index (χ0v) is 17.5. The minimum Gasteiger partial charge on any atom is -0.407 e. The van der Waals surface area contributed by atoms with E-state index in [1.165, 1.54) is 35.0 Å². The molecular weight excluding hydrogens is 375 g/mol. The molecule has 8 rings (SSSR count). The standard InChI is InChI=1S/C23H27BN4O2/c1-22(2)4-6-28-24(30-22)16-10-26-21-12(3-5-25-21)18(16)20(27-28)17-13-7-11-8-14(13)19-15(17)9-23(11,19)29/h3,5,10-11,13-15,17,19,29H,4,6-9H2,1-2H3,(H,25,26)/t11?,13-,14?,15+,17-,19-,23?/m0/s1. The van der Waals surface area contributed by atoms with Crippen LogP contribution in [-0.2, 0) is 4.65 Å². The fourth-order valence-corrected chi connectivity index (χ4v) is 8.56. The fourth-order valence-electron chi connectivity index (χ4n) is 8.56. The molecule has 0 amide bonds. The van der Waals surface area contributed by atoms with Gasteiger partial charge in [0, 0.05) is 46.9 Å². The Balaban J connectivity index is 1.33. The van der Waals surface area contributed by atoms with Crippen LogP contribution in [0.3, 0.4) is 0 Å². The number of aromatic amines is 1. The predicted molar refractivity (Wildman–Crippen MR) is 114 cm³/mol. The van der Waals surface area contributed by atoms with Crippen molar-refractivity contribution in [3.8, 4) is 0 Å². The molecule has 2 aromatic rings. The molecule has 154 valence electrons. The van der Waals surface area contributed by atoms with Gasteiger partial charge in [0.25, 0.3) is 0 Å². The first-order chi connectivity index (χ1) is 14.4. The van der Waals surface area contributed by atoms with Gasteiger partial charge in [-0.2, -0.15) is 5.10 Å². The van der Waals surface area contributed by atoms with Crippen LogP contribution in [0.1, 0.15) is 45.1 Å². The van der Waals surface area contributed by atoms with Crippen molar-refractivity contribution in [1.29, 1.82) is 0 Å². The van der Waals surface area contributed by atoms with Gasteiger partial charge in [-0.05, 0) is 75.2 Å². The van der Waals surface area contributed by atoms with Gasteiger partial charge in [0.15, 0.2) is 0 Å². The highest BCUT2D eigenvalue weighted by molar-refractivity contribution is 6.68. The highest BCUT2D eigenvalue weighted by Gasteiger charge is 2.77. The number of H-pyrrole nitrogens is 1. The van der Waals surface area contributed by atoms with Crippen LogP contribution < -0.4 is 5.46 Å². The van der Waals surface area contributed by atoms with Crippen LogP contribution in [0.25, 0.3) is 11.0 Å². The first-order valence-electron chi connectivity index (χ1n) is 11.7. The van der Waals surface area contributed by atoms with E-state index in [9.17, 15) is 5.11 Å². The smallest absolute Gasteiger partial charge is 0.407 e. The summed E-state index contributed by atoms with van der Waals surface area (Å²) in [5, 5.41) is 17.7. The Kier molecular flexibility index (Phi) is 2.78.